The van der Waals surface area contributed by atoms with Gasteiger partial charge in [-0.15, -0.1) is 0 Å². The van der Waals surface area contributed by atoms with E-state index in [0.29, 0.717) is 23.3 Å². The molecule has 0 saturated carbocycles. The Bertz CT molecular complexity index is 2680. The van der Waals surface area contributed by atoms with Gasteiger partial charge in [-0.3, -0.25) is 5.41 Å². The second kappa shape index (κ2) is 14.5. The summed E-state index contributed by atoms with van der Waals surface area (Å²) in [6.45, 7) is 9.10. The molecule has 0 aliphatic heterocycles. The first-order valence-electron chi connectivity index (χ1n) is 18.7. The number of nitrogens with one attached hydrogen (secondary N) is 1. The molecule has 8 rings (SSSR count). The zero-order chi connectivity index (χ0) is 36.6. The fourth-order valence-corrected chi connectivity index (χ4v) is 8.41. The predicted molar refractivity (Wildman–Crippen MR) is 231 cm³/mol. The van der Waals surface area contributed by atoms with Gasteiger partial charge in [-0.25, -0.2) is 4.40 Å². The molecule has 0 radical (unpaired) electrons. The van der Waals surface area contributed by atoms with Crippen LogP contribution in [0.4, 0.5) is 0 Å². The van der Waals surface area contributed by atoms with Crippen LogP contribution in [-0.4, -0.2) is 11.4 Å². The van der Waals surface area contributed by atoms with Gasteiger partial charge >= 0.3 is 0 Å². The molecule has 7 aromatic carbocycles. The largest absolute Gasteiger partial charge is 0.298 e. The Balaban J connectivity index is 1.21. The molecule has 0 aromatic heterocycles. The van der Waals surface area contributed by atoms with E-state index in [2.05, 4.69) is 191 Å². The summed E-state index contributed by atoms with van der Waals surface area (Å²) in [5, 5.41) is 16.8. The van der Waals surface area contributed by atoms with E-state index in [4.69, 9.17) is 0 Å². The Kier molecular flexibility index (Phi) is 9.45. The zero-order valence-corrected chi connectivity index (χ0v) is 31.7. The molecule has 3 heteroatoms. The van der Waals surface area contributed by atoms with Gasteiger partial charge in [0.05, 0.1) is 5.71 Å². The number of benzene rings is 7. The van der Waals surface area contributed by atoms with Gasteiger partial charge < -0.3 is 0 Å². The highest BCUT2D eigenvalue weighted by molar-refractivity contribution is 7.79. The summed E-state index contributed by atoms with van der Waals surface area (Å²) in [5.41, 5.74) is 12.3. The van der Waals surface area contributed by atoms with Gasteiger partial charge in [-0.1, -0.05) is 173 Å². The molecule has 7 aromatic rings. The molecule has 1 aliphatic carbocycles. The first-order valence-corrected chi connectivity index (χ1v) is 19.1. The van der Waals surface area contributed by atoms with Gasteiger partial charge in [-0.05, 0) is 114 Å². The molecular weight excluding hydrogens is 661 g/mol. The summed E-state index contributed by atoms with van der Waals surface area (Å²) in [6.07, 6.45) is 2.11. The maximum atomic E-state index is 9.55. The van der Waals surface area contributed by atoms with Crippen LogP contribution in [0.1, 0.15) is 49.9 Å². The monoisotopic (exact) mass is 704 g/mol. The van der Waals surface area contributed by atoms with E-state index >= 15 is 0 Å². The van der Waals surface area contributed by atoms with Gasteiger partial charge in [0.15, 0.2) is 0 Å². The molecule has 1 aliphatic rings. The van der Waals surface area contributed by atoms with Crippen LogP contribution < -0.4 is 10.4 Å². The van der Waals surface area contributed by atoms with E-state index in [-0.39, 0.29) is 0 Å². The van der Waals surface area contributed by atoms with Crippen LogP contribution in [0, 0.1) is 17.2 Å². The van der Waals surface area contributed by atoms with Crippen LogP contribution >= 0.6 is 12.8 Å². The lowest BCUT2D eigenvalue weighted by Crippen LogP contribution is -2.41. The first kappa shape index (κ1) is 34.6. The van der Waals surface area contributed by atoms with Crippen molar-refractivity contribution < 1.29 is 0 Å². The molecule has 53 heavy (non-hydrogen) atoms. The second-order valence-corrected chi connectivity index (χ2v) is 15.3. The predicted octanol–water partition coefficient (Wildman–Crippen LogP) is 11.4. The fraction of sp³-hybridized carbons (Fsp3) is 0.160. The molecule has 0 atom stereocenters. The Morgan fingerprint density at radius 2 is 0.830 bits per heavy atom. The number of rotatable bonds is 8. The average Bonchev–Trinajstić information content (AvgIpc) is 3.18. The molecule has 0 bridgehead atoms. The zero-order valence-electron chi connectivity index (χ0n) is 30.8. The Labute approximate surface area is 318 Å². The molecule has 0 unspecified atom stereocenters. The van der Waals surface area contributed by atoms with Crippen molar-refractivity contribution in [2.45, 2.75) is 40.5 Å². The molecule has 0 heterocycles. The van der Waals surface area contributed by atoms with Gasteiger partial charge in [0.1, 0.15) is 5.71 Å². The van der Waals surface area contributed by atoms with E-state index in [1.807, 2.05) is 0 Å². The number of fused-ring (bicyclic) bond motifs is 3. The number of thiol groups is 1. The summed E-state index contributed by atoms with van der Waals surface area (Å²) < 4.78 is 4.47. The van der Waals surface area contributed by atoms with Crippen molar-refractivity contribution in [3.8, 4) is 22.3 Å². The number of nitrogens with zero attached hydrogens (tertiary/aromatic N) is 1. The van der Waals surface area contributed by atoms with Crippen LogP contribution in [0.2, 0.25) is 0 Å². The third-order valence-electron chi connectivity index (χ3n) is 10.5. The Hall–Kier alpha value is -5.51. The second-order valence-electron chi connectivity index (χ2n) is 15.1. The molecular formula is C50H44N2S. The summed E-state index contributed by atoms with van der Waals surface area (Å²) >= 11 is 4.47. The van der Waals surface area contributed by atoms with Gasteiger partial charge in [0.25, 0.3) is 0 Å². The maximum absolute atomic E-state index is 9.55. The number of hydrogen-bond acceptors (Lipinski definition) is 3. The topological polar surface area (TPSA) is 36.2 Å². The van der Waals surface area contributed by atoms with Crippen LogP contribution in [0.3, 0.4) is 0 Å². The molecule has 0 spiro atoms. The van der Waals surface area contributed by atoms with Gasteiger partial charge in [0.2, 0.25) is 0 Å². The van der Waals surface area contributed by atoms with Crippen LogP contribution in [0.5, 0.6) is 0 Å². The minimum atomic E-state index is 0.376. The van der Waals surface area contributed by atoms with Crippen LogP contribution in [0.15, 0.2) is 150 Å². The van der Waals surface area contributed by atoms with E-state index in [9.17, 15) is 5.41 Å². The van der Waals surface area contributed by atoms with E-state index in [1.54, 1.807) is 0 Å². The summed E-state index contributed by atoms with van der Waals surface area (Å²) in [6, 6.07) is 52.4. The smallest absolute Gasteiger partial charge is 0.105 e. The Morgan fingerprint density at radius 1 is 0.453 bits per heavy atom. The van der Waals surface area contributed by atoms with E-state index in [1.165, 1.54) is 49.4 Å². The Morgan fingerprint density at radius 3 is 1.26 bits per heavy atom. The van der Waals surface area contributed by atoms with Crippen molar-refractivity contribution in [2.75, 3.05) is 0 Å². The molecule has 1 N–H and O–H groups in total. The van der Waals surface area contributed by atoms with Gasteiger partial charge in [-0.2, -0.15) is 0 Å². The molecule has 260 valence electrons. The lowest BCUT2D eigenvalue weighted by Gasteiger charge is -2.21. The summed E-state index contributed by atoms with van der Waals surface area (Å²) in [7, 11) is 0. The molecule has 2 nitrogen and oxygen atoms in total. The normalized spacial score (nSPS) is 13.9. The van der Waals surface area contributed by atoms with Crippen molar-refractivity contribution in [1.29, 1.82) is 5.41 Å². The van der Waals surface area contributed by atoms with Crippen molar-refractivity contribution in [2.24, 2.45) is 16.2 Å². The lowest BCUT2D eigenvalue weighted by atomic mass is 9.83. The van der Waals surface area contributed by atoms with Crippen LogP contribution in [-0.2, 0) is 12.8 Å². The minimum Gasteiger partial charge on any atom is -0.298 e. The SMILES string of the molecule is CC(C)Cc1ccc(-c2ccc(C3=c4ccccc4=C(c4ccc(-c5ccc(CC(C)C)c6ccccc56)cc4)/C(=N/S)C3=N)cc2)c2ccccc12. The average molecular weight is 705 g/mol. The summed E-state index contributed by atoms with van der Waals surface area (Å²) in [5.74, 6) is 1.19. The van der Waals surface area contributed by atoms with Crippen molar-refractivity contribution >= 4 is 56.9 Å². The molecule has 0 saturated heterocycles. The first-order chi connectivity index (χ1) is 25.8. The van der Waals surface area contributed by atoms with E-state index in [0.717, 1.165) is 51.1 Å². The van der Waals surface area contributed by atoms with Crippen molar-refractivity contribution in [3.63, 3.8) is 0 Å². The lowest BCUT2D eigenvalue weighted by molar-refractivity contribution is 0.650. The van der Waals surface area contributed by atoms with Crippen molar-refractivity contribution in [3.05, 3.63) is 178 Å². The highest BCUT2D eigenvalue weighted by Crippen LogP contribution is 2.35. The minimum absolute atomic E-state index is 0.376. The van der Waals surface area contributed by atoms with Crippen LogP contribution in [0.25, 0.3) is 54.9 Å². The maximum Gasteiger partial charge on any atom is 0.105 e. The summed E-state index contributed by atoms with van der Waals surface area (Å²) in [4.78, 5) is 0. The molecule has 0 fully saturated rings. The highest BCUT2D eigenvalue weighted by Gasteiger charge is 2.26. The van der Waals surface area contributed by atoms with E-state index < -0.39 is 0 Å². The third-order valence-corrected chi connectivity index (χ3v) is 10.7. The highest BCUT2D eigenvalue weighted by atomic mass is 32.1. The standard InChI is InChI=1S/C50H44N2S/c1-31(2)29-37-25-27-41(43-13-7-5-11-39(37)43)33-17-21-35(22-18-33)47-45-15-9-10-16-46(45)48(50(52-53)49(47)51)36-23-19-34(20-24-36)42-28-26-38(30-32(3)4)40-12-6-8-14-44(40)42/h5-28,31-32,51,53H,29-30H2,1-4H3/b51-49?,52-50-. The fourth-order valence-electron chi connectivity index (χ4n) is 8.21. The van der Waals surface area contributed by atoms with Crippen molar-refractivity contribution in [1.82, 2.24) is 0 Å². The quantitative estimate of drug-likeness (QED) is 0.148. The number of hydrogen-bond donors (Lipinski definition) is 2. The molecule has 0 amide bonds. The van der Waals surface area contributed by atoms with Gasteiger partial charge in [0, 0.05) is 11.1 Å². The third kappa shape index (κ3) is 6.44.